The van der Waals surface area contributed by atoms with Crippen LogP contribution < -0.4 is 5.32 Å². The molecular formula is C22H29N3O3S. The number of carbonyl (C=O) groups excluding carboxylic acids is 1. The Bertz CT molecular complexity index is 957. The topological polar surface area (TPSA) is 69.7 Å². The molecule has 2 aromatic rings. The Morgan fingerprint density at radius 3 is 2.48 bits per heavy atom. The van der Waals surface area contributed by atoms with Gasteiger partial charge in [-0.2, -0.15) is 4.31 Å². The standard InChI is InChI=1S/C22H29N3O3S/c1-4-25(5-2)29(27,28)21-15-18(12-11-17(21)3)22(26)24-14-13-20(16-24)23-19-9-7-6-8-10-19/h6-12,15,20,23H,4-5,13-14,16H2,1-3H3. The number of amides is 1. The SMILES string of the molecule is CCN(CC)S(=O)(=O)c1cc(C(=O)N2CCC(Nc3ccccc3)C2)ccc1C. The molecule has 1 fully saturated rings. The van der Waals surface area contributed by atoms with Gasteiger partial charge in [0, 0.05) is 43.5 Å². The van der Waals surface area contributed by atoms with E-state index >= 15 is 0 Å². The normalized spacial score (nSPS) is 17.0. The van der Waals surface area contributed by atoms with Gasteiger partial charge in [-0.1, -0.05) is 38.1 Å². The number of carbonyl (C=O) groups is 1. The predicted molar refractivity (Wildman–Crippen MR) is 116 cm³/mol. The van der Waals surface area contributed by atoms with E-state index in [1.807, 2.05) is 44.2 Å². The van der Waals surface area contributed by atoms with Crippen LogP contribution in [-0.4, -0.2) is 55.8 Å². The van der Waals surface area contributed by atoms with E-state index < -0.39 is 10.0 Å². The molecule has 1 aliphatic rings. The van der Waals surface area contributed by atoms with Crippen molar-refractivity contribution in [2.24, 2.45) is 0 Å². The van der Waals surface area contributed by atoms with Crippen molar-refractivity contribution in [1.82, 2.24) is 9.21 Å². The van der Waals surface area contributed by atoms with E-state index in [0.717, 1.165) is 12.1 Å². The summed E-state index contributed by atoms with van der Waals surface area (Å²) in [4.78, 5) is 15.0. The maximum atomic E-state index is 13.0. The number of rotatable bonds is 7. The molecule has 0 saturated carbocycles. The van der Waals surface area contributed by atoms with Crippen LogP contribution in [0.3, 0.4) is 0 Å². The Kier molecular flexibility index (Phi) is 6.59. The summed E-state index contributed by atoms with van der Waals surface area (Å²) >= 11 is 0. The molecule has 0 spiro atoms. The summed E-state index contributed by atoms with van der Waals surface area (Å²) in [5, 5.41) is 3.46. The van der Waals surface area contributed by atoms with Crippen molar-refractivity contribution in [1.29, 1.82) is 0 Å². The number of benzene rings is 2. The van der Waals surface area contributed by atoms with Crippen molar-refractivity contribution in [3.05, 3.63) is 59.7 Å². The number of hydrogen-bond acceptors (Lipinski definition) is 4. The molecule has 1 heterocycles. The monoisotopic (exact) mass is 415 g/mol. The lowest BCUT2D eigenvalue weighted by Gasteiger charge is -2.21. The molecule has 0 aliphatic carbocycles. The van der Waals surface area contributed by atoms with Crippen molar-refractivity contribution >= 4 is 21.6 Å². The van der Waals surface area contributed by atoms with Crippen LogP contribution in [0.2, 0.25) is 0 Å². The van der Waals surface area contributed by atoms with Gasteiger partial charge < -0.3 is 10.2 Å². The summed E-state index contributed by atoms with van der Waals surface area (Å²) in [7, 11) is -3.61. The lowest BCUT2D eigenvalue weighted by molar-refractivity contribution is 0.0791. The maximum Gasteiger partial charge on any atom is 0.253 e. The molecule has 1 unspecified atom stereocenters. The Balaban J connectivity index is 1.77. The second kappa shape index (κ2) is 8.97. The minimum atomic E-state index is -3.61. The molecule has 156 valence electrons. The molecule has 1 aliphatic heterocycles. The average molecular weight is 416 g/mol. The fourth-order valence-corrected chi connectivity index (χ4v) is 5.44. The molecule has 0 bridgehead atoms. The first-order valence-corrected chi connectivity index (χ1v) is 11.5. The fraction of sp³-hybridized carbons (Fsp3) is 0.409. The number of nitrogens with one attached hydrogen (secondary N) is 1. The quantitative estimate of drug-likeness (QED) is 0.753. The molecule has 1 N–H and O–H groups in total. The van der Waals surface area contributed by atoms with Gasteiger partial charge in [0.15, 0.2) is 0 Å². The van der Waals surface area contributed by atoms with Crippen LogP contribution in [0, 0.1) is 6.92 Å². The summed E-state index contributed by atoms with van der Waals surface area (Å²) in [5.74, 6) is -0.127. The zero-order valence-corrected chi connectivity index (χ0v) is 18.1. The van der Waals surface area contributed by atoms with Gasteiger partial charge in [-0.3, -0.25) is 4.79 Å². The number of hydrogen-bond donors (Lipinski definition) is 1. The fourth-order valence-electron chi connectivity index (χ4n) is 3.73. The number of aryl methyl sites for hydroxylation is 1. The minimum absolute atomic E-state index is 0.127. The smallest absolute Gasteiger partial charge is 0.253 e. The molecular weight excluding hydrogens is 386 g/mol. The van der Waals surface area contributed by atoms with Crippen molar-refractivity contribution in [2.45, 2.75) is 38.1 Å². The first-order valence-electron chi connectivity index (χ1n) is 10.1. The summed E-state index contributed by atoms with van der Waals surface area (Å²) in [6, 6.07) is 15.1. The third kappa shape index (κ3) is 4.62. The van der Waals surface area contributed by atoms with E-state index in [4.69, 9.17) is 0 Å². The van der Waals surface area contributed by atoms with E-state index in [1.165, 1.54) is 10.4 Å². The molecule has 1 atom stereocenters. The van der Waals surface area contributed by atoms with Crippen molar-refractivity contribution in [3.63, 3.8) is 0 Å². The Morgan fingerprint density at radius 2 is 1.83 bits per heavy atom. The van der Waals surface area contributed by atoms with Crippen molar-refractivity contribution in [2.75, 3.05) is 31.5 Å². The van der Waals surface area contributed by atoms with Crippen LogP contribution in [-0.2, 0) is 10.0 Å². The number of anilines is 1. The van der Waals surface area contributed by atoms with Crippen LogP contribution in [0.1, 0.15) is 36.2 Å². The molecule has 0 radical (unpaired) electrons. The van der Waals surface area contributed by atoms with Gasteiger partial charge in [0.25, 0.3) is 5.91 Å². The van der Waals surface area contributed by atoms with Crippen molar-refractivity contribution in [3.8, 4) is 0 Å². The average Bonchev–Trinajstić information content (AvgIpc) is 3.17. The highest BCUT2D eigenvalue weighted by Gasteiger charge is 2.29. The van der Waals surface area contributed by atoms with Gasteiger partial charge >= 0.3 is 0 Å². The molecule has 0 aromatic heterocycles. The van der Waals surface area contributed by atoms with Crippen molar-refractivity contribution < 1.29 is 13.2 Å². The number of sulfonamides is 1. The van der Waals surface area contributed by atoms with Gasteiger partial charge in [0.1, 0.15) is 0 Å². The molecule has 7 heteroatoms. The van der Waals surface area contributed by atoms with Crippen LogP contribution in [0.25, 0.3) is 0 Å². The van der Waals surface area contributed by atoms with Gasteiger partial charge in [-0.15, -0.1) is 0 Å². The van der Waals surface area contributed by atoms with E-state index in [0.29, 0.717) is 37.3 Å². The second-order valence-corrected chi connectivity index (χ2v) is 9.22. The van der Waals surface area contributed by atoms with Gasteiger partial charge in [-0.25, -0.2) is 8.42 Å². The zero-order chi connectivity index (χ0) is 21.0. The number of para-hydroxylation sites is 1. The largest absolute Gasteiger partial charge is 0.380 e. The summed E-state index contributed by atoms with van der Waals surface area (Å²) < 4.78 is 27.3. The van der Waals surface area contributed by atoms with E-state index in [2.05, 4.69) is 5.32 Å². The van der Waals surface area contributed by atoms with E-state index in [-0.39, 0.29) is 16.8 Å². The Morgan fingerprint density at radius 1 is 1.14 bits per heavy atom. The Labute approximate surface area is 173 Å². The second-order valence-electron chi connectivity index (χ2n) is 7.32. The predicted octanol–water partition coefficient (Wildman–Crippen LogP) is 3.35. The zero-order valence-electron chi connectivity index (χ0n) is 17.3. The van der Waals surface area contributed by atoms with Gasteiger partial charge in [0.2, 0.25) is 10.0 Å². The lowest BCUT2D eigenvalue weighted by Crippen LogP contribution is -2.33. The first-order chi connectivity index (χ1) is 13.9. The number of likely N-dealkylation sites (tertiary alicyclic amines) is 1. The Hall–Kier alpha value is -2.38. The van der Waals surface area contributed by atoms with Crippen LogP contribution in [0.4, 0.5) is 5.69 Å². The molecule has 6 nitrogen and oxygen atoms in total. The molecule has 2 aromatic carbocycles. The first kappa shape index (κ1) is 21.3. The molecule has 1 amide bonds. The van der Waals surface area contributed by atoms with Gasteiger partial charge in [0.05, 0.1) is 4.90 Å². The molecule has 29 heavy (non-hydrogen) atoms. The highest BCUT2D eigenvalue weighted by molar-refractivity contribution is 7.89. The molecule has 3 rings (SSSR count). The highest BCUT2D eigenvalue weighted by Crippen LogP contribution is 2.24. The van der Waals surface area contributed by atoms with E-state index in [9.17, 15) is 13.2 Å². The molecule has 1 saturated heterocycles. The summed E-state index contributed by atoms with van der Waals surface area (Å²) in [5.41, 5.74) is 2.11. The number of nitrogens with zero attached hydrogens (tertiary/aromatic N) is 2. The third-order valence-corrected chi connectivity index (χ3v) is 7.57. The highest BCUT2D eigenvalue weighted by atomic mass is 32.2. The lowest BCUT2D eigenvalue weighted by atomic mass is 10.1. The minimum Gasteiger partial charge on any atom is -0.380 e. The third-order valence-electron chi connectivity index (χ3n) is 5.38. The van der Waals surface area contributed by atoms with Gasteiger partial charge in [-0.05, 0) is 43.2 Å². The van der Waals surface area contributed by atoms with Crippen LogP contribution in [0.5, 0.6) is 0 Å². The summed E-state index contributed by atoms with van der Waals surface area (Å²) in [6.07, 6.45) is 0.858. The maximum absolute atomic E-state index is 13.0. The van der Waals surface area contributed by atoms with Crippen LogP contribution >= 0.6 is 0 Å². The van der Waals surface area contributed by atoms with Crippen LogP contribution in [0.15, 0.2) is 53.4 Å². The van der Waals surface area contributed by atoms with E-state index in [1.54, 1.807) is 24.0 Å². The summed E-state index contributed by atoms with van der Waals surface area (Å²) in [6.45, 7) is 7.44.